The topological polar surface area (TPSA) is 61.8 Å². The predicted octanol–water partition coefficient (Wildman–Crippen LogP) is 0.855. The van der Waals surface area contributed by atoms with E-state index in [9.17, 15) is 0 Å². The largest absolute Gasteiger partial charge is 0.409 e. The first kappa shape index (κ1) is 10.3. The maximum atomic E-state index is 8.42. The second kappa shape index (κ2) is 5.07. The van der Waals surface area contributed by atoms with Crippen LogP contribution in [0.25, 0.3) is 0 Å². The Morgan fingerprint density at radius 2 is 2.46 bits per heavy atom. The standard InChI is InChI=1S/C9H19N3O/c1-2-8-4-3-5-12(6-8)7-9(10)11-13/h8,13H,2-7H2,1H3,(H2,10,11). The van der Waals surface area contributed by atoms with E-state index < -0.39 is 0 Å². The lowest BCUT2D eigenvalue weighted by atomic mass is 9.96. The van der Waals surface area contributed by atoms with E-state index in [0.29, 0.717) is 12.4 Å². The summed E-state index contributed by atoms with van der Waals surface area (Å²) in [6, 6.07) is 0. The summed E-state index contributed by atoms with van der Waals surface area (Å²) in [7, 11) is 0. The highest BCUT2D eigenvalue weighted by molar-refractivity contribution is 5.81. The molecule has 0 aromatic carbocycles. The Hall–Kier alpha value is -0.770. The Bertz CT molecular complexity index is 182. The summed E-state index contributed by atoms with van der Waals surface area (Å²) in [6.45, 7) is 4.99. The highest BCUT2D eigenvalue weighted by Crippen LogP contribution is 2.18. The number of nitrogens with zero attached hydrogens (tertiary/aromatic N) is 2. The smallest absolute Gasteiger partial charge is 0.153 e. The van der Waals surface area contributed by atoms with Gasteiger partial charge in [-0.15, -0.1) is 0 Å². The monoisotopic (exact) mass is 185 g/mol. The van der Waals surface area contributed by atoms with Gasteiger partial charge in [-0.25, -0.2) is 0 Å². The van der Waals surface area contributed by atoms with E-state index >= 15 is 0 Å². The molecule has 1 saturated heterocycles. The first-order valence-electron chi connectivity index (χ1n) is 4.95. The zero-order chi connectivity index (χ0) is 9.68. The van der Waals surface area contributed by atoms with Gasteiger partial charge in [-0.1, -0.05) is 18.5 Å². The van der Waals surface area contributed by atoms with Crippen molar-refractivity contribution in [1.29, 1.82) is 0 Å². The molecule has 0 aromatic heterocycles. The molecular formula is C9H19N3O. The molecule has 1 aliphatic heterocycles. The van der Waals surface area contributed by atoms with Crippen molar-refractivity contribution < 1.29 is 5.21 Å². The molecule has 76 valence electrons. The zero-order valence-electron chi connectivity index (χ0n) is 8.24. The fourth-order valence-corrected chi connectivity index (χ4v) is 1.89. The average molecular weight is 185 g/mol. The summed E-state index contributed by atoms with van der Waals surface area (Å²) >= 11 is 0. The molecule has 13 heavy (non-hydrogen) atoms. The van der Waals surface area contributed by atoms with E-state index in [1.54, 1.807) is 0 Å². The van der Waals surface area contributed by atoms with Crippen molar-refractivity contribution in [3.8, 4) is 0 Å². The molecule has 0 aliphatic carbocycles. The lowest BCUT2D eigenvalue weighted by Gasteiger charge is -2.31. The summed E-state index contributed by atoms with van der Waals surface area (Å²) < 4.78 is 0. The molecule has 1 fully saturated rings. The van der Waals surface area contributed by atoms with Crippen LogP contribution in [0, 0.1) is 5.92 Å². The van der Waals surface area contributed by atoms with E-state index in [2.05, 4.69) is 17.0 Å². The Labute approximate surface area is 79.4 Å². The molecule has 0 spiro atoms. The molecule has 0 aromatic rings. The van der Waals surface area contributed by atoms with Gasteiger partial charge in [-0.3, -0.25) is 4.90 Å². The SMILES string of the molecule is CCC1CCCN(C/C(N)=N/O)C1. The van der Waals surface area contributed by atoms with Crippen molar-refractivity contribution in [2.75, 3.05) is 19.6 Å². The second-order valence-corrected chi connectivity index (χ2v) is 3.74. The third-order valence-corrected chi connectivity index (χ3v) is 2.69. The Morgan fingerprint density at radius 1 is 1.69 bits per heavy atom. The van der Waals surface area contributed by atoms with Crippen LogP contribution in [0.4, 0.5) is 0 Å². The summed E-state index contributed by atoms with van der Waals surface area (Å²) in [5, 5.41) is 11.4. The van der Waals surface area contributed by atoms with Gasteiger partial charge in [0, 0.05) is 6.54 Å². The summed E-state index contributed by atoms with van der Waals surface area (Å²) in [6.07, 6.45) is 3.78. The van der Waals surface area contributed by atoms with Gasteiger partial charge in [-0.2, -0.15) is 0 Å². The quantitative estimate of drug-likeness (QED) is 0.296. The van der Waals surface area contributed by atoms with Crippen LogP contribution in [-0.2, 0) is 0 Å². The second-order valence-electron chi connectivity index (χ2n) is 3.74. The number of hydrogen-bond donors (Lipinski definition) is 2. The lowest BCUT2D eigenvalue weighted by Crippen LogP contribution is -2.40. The van der Waals surface area contributed by atoms with Crippen molar-refractivity contribution in [2.24, 2.45) is 16.8 Å². The van der Waals surface area contributed by atoms with Gasteiger partial charge in [-0.05, 0) is 25.3 Å². The third-order valence-electron chi connectivity index (χ3n) is 2.69. The third kappa shape index (κ3) is 3.22. The van der Waals surface area contributed by atoms with Crippen molar-refractivity contribution in [2.45, 2.75) is 26.2 Å². The minimum absolute atomic E-state index is 0.316. The number of oxime groups is 1. The molecule has 0 amide bonds. The zero-order valence-corrected chi connectivity index (χ0v) is 8.24. The Morgan fingerprint density at radius 3 is 3.08 bits per heavy atom. The van der Waals surface area contributed by atoms with Gasteiger partial charge in [0.25, 0.3) is 0 Å². The van der Waals surface area contributed by atoms with E-state index in [1.807, 2.05) is 0 Å². The maximum absolute atomic E-state index is 8.42. The highest BCUT2D eigenvalue weighted by Gasteiger charge is 2.18. The lowest BCUT2D eigenvalue weighted by molar-refractivity contribution is 0.190. The first-order chi connectivity index (χ1) is 6.26. The highest BCUT2D eigenvalue weighted by atomic mass is 16.4. The van der Waals surface area contributed by atoms with Crippen LogP contribution in [0.5, 0.6) is 0 Å². The number of rotatable bonds is 3. The van der Waals surface area contributed by atoms with E-state index in [4.69, 9.17) is 10.9 Å². The molecule has 1 aliphatic rings. The summed E-state index contributed by atoms with van der Waals surface area (Å²) in [5.74, 6) is 1.11. The van der Waals surface area contributed by atoms with Crippen molar-refractivity contribution in [1.82, 2.24) is 4.90 Å². The van der Waals surface area contributed by atoms with Crippen molar-refractivity contribution >= 4 is 5.84 Å². The van der Waals surface area contributed by atoms with Gasteiger partial charge in [0.2, 0.25) is 0 Å². The molecule has 4 nitrogen and oxygen atoms in total. The summed E-state index contributed by atoms with van der Waals surface area (Å²) in [4.78, 5) is 2.26. The van der Waals surface area contributed by atoms with Crippen LogP contribution < -0.4 is 5.73 Å². The average Bonchev–Trinajstić information content (AvgIpc) is 2.18. The van der Waals surface area contributed by atoms with Gasteiger partial charge >= 0.3 is 0 Å². The minimum Gasteiger partial charge on any atom is -0.409 e. The van der Waals surface area contributed by atoms with Gasteiger partial charge in [0.1, 0.15) is 0 Å². The minimum atomic E-state index is 0.316. The fraction of sp³-hybridized carbons (Fsp3) is 0.889. The molecule has 0 bridgehead atoms. The molecule has 0 saturated carbocycles. The number of hydrogen-bond acceptors (Lipinski definition) is 3. The molecule has 0 radical (unpaired) electrons. The van der Waals surface area contributed by atoms with Crippen molar-refractivity contribution in [3.63, 3.8) is 0 Å². The molecule has 1 rings (SSSR count). The normalized spacial score (nSPS) is 26.2. The number of nitrogens with two attached hydrogens (primary N) is 1. The number of piperidine rings is 1. The van der Waals surface area contributed by atoms with Crippen LogP contribution in [0.2, 0.25) is 0 Å². The van der Waals surface area contributed by atoms with Gasteiger partial charge in [0.05, 0.1) is 6.54 Å². The van der Waals surface area contributed by atoms with Gasteiger partial charge < -0.3 is 10.9 Å². The van der Waals surface area contributed by atoms with Crippen LogP contribution >= 0.6 is 0 Å². The number of likely N-dealkylation sites (tertiary alicyclic amines) is 1. The fourth-order valence-electron chi connectivity index (χ4n) is 1.89. The first-order valence-corrected chi connectivity index (χ1v) is 4.95. The molecule has 1 heterocycles. The van der Waals surface area contributed by atoms with E-state index in [-0.39, 0.29) is 0 Å². The Balaban J connectivity index is 2.34. The number of amidine groups is 1. The molecule has 1 atom stereocenters. The van der Waals surface area contributed by atoms with Crippen LogP contribution in [0.3, 0.4) is 0 Å². The molecule has 3 N–H and O–H groups in total. The van der Waals surface area contributed by atoms with Gasteiger partial charge in [0.15, 0.2) is 5.84 Å². The molecular weight excluding hydrogens is 166 g/mol. The Kier molecular flexibility index (Phi) is 4.02. The van der Waals surface area contributed by atoms with E-state index in [0.717, 1.165) is 19.0 Å². The van der Waals surface area contributed by atoms with Crippen LogP contribution in [-0.4, -0.2) is 35.6 Å². The maximum Gasteiger partial charge on any atom is 0.153 e. The van der Waals surface area contributed by atoms with Crippen LogP contribution in [0.15, 0.2) is 5.16 Å². The predicted molar refractivity (Wildman–Crippen MR) is 52.9 cm³/mol. The van der Waals surface area contributed by atoms with Crippen LogP contribution in [0.1, 0.15) is 26.2 Å². The molecule has 4 heteroatoms. The van der Waals surface area contributed by atoms with E-state index in [1.165, 1.54) is 19.3 Å². The molecule has 1 unspecified atom stereocenters. The summed E-state index contributed by atoms with van der Waals surface area (Å²) in [5.41, 5.74) is 5.45. The van der Waals surface area contributed by atoms with Crippen molar-refractivity contribution in [3.05, 3.63) is 0 Å².